The molecule has 1 amide bonds. The van der Waals surface area contributed by atoms with Crippen molar-refractivity contribution < 1.29 is 4.79 Å². The molecule has 0 saturated carbocycles. The molecule has 0 fully saturated rings. The van der Waals surface area contributed by atoms with Crippen molar-refractivity contribution in [1.29, 1.82) is 0 Å². The maximum absolute atomic E-state index is 11.5. The number of rotatable bonds is 3. The summed E-state index contributed by atoms with van der Waals surface area (Å²) in [6.45, 7) is 1.86. The maximum Gasteiger partial charge on any atom is 0.241 e. The number of carbonyl (C=O) groups excluding carboxylic acids is 1. The number of hydrogen-bond acceptors (Lipinski definition) is 2. The van der Waals surface area contributed by atoms with Gasteiger partial charge in [-0.05, 0) is 24.6 Å². The summed E-state index contributed by atoms with van der Waals surface area (Å²) in [5.74, 6) is 2.31. The fourth-order valence-electron chi connectivity index (χ4n) is 1.11. The fourth-order valence-corrected chi connectivity index (χ4v) is 1.11. The third-order valence-electron chi connectivity index (χ3n) is 2.07. The number of amides is 1. The number of terminal acetylenes is 1. The minimum atomic E-state index is -0.473. The van der Waals surface area contributed by atoms with Crippen molar-refractivity contribution in [3.63, 3.8) is 0 Å². The topological polar surface area (TPSA) is 55.1 Å². The largest absolute Gasteiger partial charge is 0.325 e. The lowest BCUT2D eigenvalue weighted by Gasteiger charge is -2.09. The molecule has 1 rings (SSSR count). The van der Waals surface area contributed by atoms with Gasteiger partial charge in [0.05, 0.1) is 6.04 Å². The first-order valence-electron chi connectivity index (χ1n) is 4.80. The lowest BCUT2D eigenvalue weighted by molar-refractivity contribution is -0.117. The van der Waals surface area contributed by atoms with Gasteiger partial charge in [-0.15, -0.1) is 6.42 Å². The molecule has 0 radical (unpaired) electrons. The van der Waals surface area contributed by atoms with Gasteiger partial charge in [0, 0.05) is 11.3 Å². The van der Waals surface area contributed by atoms with Crippen molar-refractivity contribution >= 4 is 11.6 Å². The molecule has 78 valence electrons. The summed E-state index contributed by atoms with van der Waals surface area (Å²) < 4.78 is 0. The highest BCUT2D eigenvalue weighted by Crippen LogP contribution is 2.10. The van der Waals surface area contributed by atoms with Gasteiger partial charge in [0.1, 0.15) is 0 Å². The Labute approximate surface area is 89.7 Å². The first-order chi connectivity index (χ1) is 7.17. The zero-order valence-electron chi connectivity index (χ0n) is 8.66. The van der Waals surface area contributed by atoms with E-state index in [1.807, 2.05) is 6.92 Å². The summed E-state index contributed by atoms with van der Waals surface area (Å²) in [7, 11) is 0. The minimum absolute atomic E-state index is 0.188. The Morgan fingerprint density at radius 2 is 2.40 bits per heavy atom. The molecule has 0 aliphatic carbocycles. The summed E-state index contributed by atoms with van der Waals surface area (Å²) in [6, 6.07) is 6.64. The van der Waals surface area contributed by atoms with Gasteiger partial charge in [-0.3, -0.25) is 4.79 Å². The first kappa shape index (κ1) is 11.3. The third kappa shape index (κ3) is 3.12. The first-order valence-corrected chi connectivity index (χ1v) is 4.80. The number of hydrogen-bond donors (Lipinski definition) is 2. The van der Waals surface area contributed by atoms with Crippen LogP contribution in [0.4, 0.5) is 5.69 Å². The van der Waals surface area contributed by atoms with Crippen LogP contribution in [0, 0.1) is 12.3 Å². The van der Waals surface area contributed by atoms with Gasteiger partial charge in [-0.2, -0.15) is 0 Å². The molecule has 1 aromatic carbocycles. The highest BCUT2D eigenvalue weighted by Gasteiger charge is 2.10. The standard InChI is InChI=1S/C12H14N2O/c1-3-9-6-5-7-10(8-9)14-12(15)11(13)4-2/h1,5-8,11H,4,13H2,2H3,(H,14,15)/t11-/m0/s1. The van der Waals surface area contributed by atoms with Crippen LogP contribution in [0.5, 0.6) is 0 Å². The van der Waals surface area contributed by atoms with Crippen LogP contribution in [0.25, 0.3) is 0 Å². The quantitative estimate of drug-likeness (QED) is 0.727. The average Bonchev–Trinajstić information content (AvgIpc) is 2.28. The van der Waals surface area contributed by atoms with Crippen LogP contribution < -0.4 is 11.1 Å². The number of benzene rings is 1. The van der Waals surface area contributed by atoms with E-state index in [-0.39, 0.29) is 5.91 Å². The van der Waals surface area contributed by atoms with Crippen LogP contribution >= 0.6 is 0 Å². The normalized spacial score (nSPS) is 11.5. The summed E-state index contributed by atoms with van der Waals surface area (Å²) in [5, 5.41) is 2.71. The number of anilines is 1. The van der Waals surface area contributed by atoms with Crippen LogP contribution in [0.15, 0.2) is 24.3 Å². The number of nitrogens with one attached hydrogen (secondary N) is 1. The summed E-state index contributed by atoms with van der Waals surface area (Å²) in [6.07, 6.45) is 5.86. The molecule has 3 N–H and O–H groups in total. The van der Waals surface area contributed by atoms with Gasteiger partial charge >= 0.3 is 0 Å². The molecule has 0 aromatic heterocycles. The lowest BCUT2D eigenvalue weighted by Crippen LogP contribution is -2.34. The van der Waals surface area contributed by atoms with Gasteiger partial charge in [0.15, 0.2) is 0 Å². The van der Waals surface area contributed by atoms with E-state index in [9.17, 15) is 4.79 Å². The molecule has 0 unspecified atom stereocenters. The molecule has 0 aliphatic heterocycles. The highest BCUT2D eigenvalue weighted by atomic mass is 16.2. The van der Waals surface area contributed by atoms with Crippen LogP contribution in [0.2, 0.25) is 0 Å². The molecule has 0 aliphatic rings. The molecular weight excluding hydrogens is 188 g/mol. The number of nitrogens with two attached hydrogens (primary N) is 1. The van der Waals surface area contributed by atoms with E-state index in [1.165, 1.54) is 0 Å². The molecular formula is C12H14N2O. The maximum atomic E-state index is 11.5. The second kappa shape index (κ2) is 5.18. The van der Waals surface area contributed by atoms with E-state index < -0.39 is 6.04 Å². The lowest BCUT2D eigenvalue weighted by atomic mass is 10.2. The fraction of sp³-hybridized carbons (Fsp3) is 0.250. The Bertz CT molecular complexity index is 393. The second-order valence-electron chi connectivity index (χ2n) is 3.23. The molecule has 0 spiro atoms. The van der Waals surface area contributed by atoms with Crippen molar-refractivity contribution in [3.05, 3.63) is 29.8 Å². The van der Waals surface area contributed by atoms with Crippen molar-refractivity contribution in [3.8, 4) is 12.3 Å². The molecule has 1 aromatic rings. The van der Waals surface area contributed by atoms with Crippen molar-refractivity contribution in [2.24, 2.45) is 5.73 Å². The molecule has 15 heavy (non-hydrogen) atoms. The third-order valence-corrected chi connectivity index (χ3v) is 2.07. The average molecular weight is 202 g/mol. The molecule has 0 heterocycles. The number of carbonyl (C=O) groups is 1. The Balaban J connectivity index is 2.73. The summed E-state index contributed by atoms with van der Waals surface area (Å²) in [4.78, 5) is 11.5. The van der Waals surface area contributed by atoms with Crippen LogP contribution in [0.3, 0.4) is 0 Å². The zero-order valence-corrected chi connectivity index (χ0v) is 8.66. The van der Waals surface area contributed by atoms with Crippen molar-refractivity contribution in [2.75, 3.05) is 5.32 Å². The zero-order chi connectivity index (χ0) is 11.3. The predicted octanol–water partition coefficient (Wildman–Crippen LogP) is 1.34. The van der Waals surface area contributed by atoms with E-state index in [0.717, 1.165) is 5.56 Å². The monoisotopic (exact) mass is 202 g/mol. The van der Waals surface area contributed by atoms with Gasteiger partial charge in [0.2, 0.25) is 5.91 Å². The van der Waals surface area contributed by atoms with E-state index >= 15 is 0 Å². The van der Waals surface area contributed by atoms with Crippen LogP contribution in [-0.2, 0) is 4.79 Å². The van der Waals surface area contributed by atoms with E-state index in [2.05, 4.69) is 11.2 Å². The second-order valence-corrected chi connectivity index (χ2v) is 3.23. The van der Waals surface area contributed by atoms with Crippen molar-refractivity contribution in [1.82, 2.24) is 0 Å². The molecule has 0 saturated heterocycles. The van der Waals surface area contributed by atoms with Gasteiger partial charge in [-0.25, -0.2) is 0 Å². The predicted molar refractivity (Wildman–Crippen MR) is 61.3 cm³/mol. The van der Waals surface area contributed by atoms with Gasteiger partial charge < -0.3 is 11.1 Å². The SMILES string of the molecule is C#Cc1cccc(NC(=O)[C@@H](N)CC)c1. The van der Waals surface area contributed by atoms with Crippen LogP contribution in [-0.4, -0.2) is 11.9 Å². The van der Waals surface area contributed by atoms with Crippen molar-refractivity contribution in [2.45, 2.75) is 19.4 Å². The van der Waals surface area contributed by atoms with E-state index in [1.54, 1.807) is 24.3 Å². The summed E-state index contributed by atoms with van der Waals surface area (Å²) in [5.41, 5.74) is 7.00. The molecule has 1 atom stereocenters. The Morgan fingerprint density at radius 3 is 3.00 bits per heavy atom. The van der Waals surface area contributed by atoms with Gasteiger partial charge in [-0.1, -0.05) is 18.9 Å². The Morgan fingerprint density at radius 1 is 1.67 bits per heavy atom. The molecule has 0 bridgehead atoms. The van der Waals surface area contributed by atoms with E-state index in [4.69, 9.17) is 12.2 Å². The van der Waals surface area contributed by atoms with Gasteiger partial charge in [0.25, 0.3) is 0 Å². The van der Waals surface area contributed by atoms with Crippen LogP contribution in [0.1, 0.15) is 18.9 Å². The smallest absolute Gasteiger partial charge is 0.241 e. The Hall–Kier alpha value is -1.79. The Kier molecular flexibility index (Phi) is 3.90. The molecule has 3 nitrogen and oxygen atoms in total. The molecule has 3 heteroatoms. The minimum Gasteiger partial charge on any atom is -0.325 e. The summed E-state index contributed by atoms with van der Waals surface area (Å²) >= 11 is 0. The van der Waals surface area contributed by atoms with E-state index in [0.29, 0.717) is 12.1 Å². The highest BCUT2D eigenvalue weighted by molar-refractivity contribution is 5.94.